The van der Waals surface area contributed by atoms with Crippen molar-refractivity contribution >= 4 is 10.8 Å². The van der Waals surface area contributed by atoms with E-state index in [2.05, 4.69) is 39.8 Å². The molecular formula is C15H18O. The summed E-state index contributed by atoms with van der Waals surface area (Å²) in [6.45, 7) is 8.61. The molecule has 0 aliphatic carbocycles. The standard InChI is InChI=1S/C15H18O/c1-9(2)14-8-13(16)7-12-6-5-10(3)11(4)15(12)14/h5-9,16H,1-4H3. The Balaban J connectivity index is 2.92. The van der Waals surface area contributed by atoms with Gasteiger partial charge in [0.1, 0.15) is 5.75 Å². The highest BCUT2D eigenvalue weighted by Gasteiger charge is 2.10. The molecule has 1 heteroatoms. The molecule has 0 unspecified atom stereocenters. The average molecular weight is 214 g/mol. The summed E-state index contributed by atoms with van der Waals surface area (Å²) in [4.78, 5) is 0. The third-order valence-electron chi connectivity index (χ3n) is 3.29. The first-order valence-electron chi connectivity index (χ1n) is 5.73. The Morgan fingerprint density at radius 3 is 2.38 bits per heavy atom. The van der Waals surface area contributed by atoms with Crippen LogP contribution in [0.1, 0.15) is 36.5 Å². The van der Waals surface area contributed by atoms with Crippen LogP contribution in [0, 0.1) is 13.8 Å². The van der Waals surface area contributed by atoms with E-state index in [4.69, 9.17) is 0 Å². The molecule has 0 heterocycles. The number of hydrogen-bond acceptors (Lipinski definition) is 1. The minimum absolute atomic E-state index is 0.361. The predicted molar refractivity (Wildman–Crippen MR) is 69.2 cm³/mol. The number of benzene rings is 2. The maximum Gasteiger partial charge on any atom is 0.116 e. The topological polar surface area (TPSA) is 20.2 Å². The van der Waals surface area contributed by atoms with Gasteiger partial charge in [0, 0.05) is 0 Å². The Morgan fingerprint density at radius 1 is 1.06 bits per heavy atom. The maximum atomic E-state index is 9.72. The molecule has 1 N–H and O–H groups in total. The molecule has 0 aliphatic rings. The van der Waals surface area contributed by atoms with Gasteiger partial charge in [-0.05, 0) is 59.4 Å². The summed E-state index contributed by atoms with van der Waals surface area (Å²) in [7, 11) is 0. The van der Waals surface area contributed by atoms with Gasteiger partial charge < -0.3 is 5.11 Å². The first-order valence-corrected chi connectivity index (χ1v) is 5.73. The Kier molecular flexibility index (Phi) is 2.63. The van der Waals surface area contributed by atoms with E-state index in [0.717, 1.165) is 5.39 Å². The van der Waals surface area contributed by atoms with Crippen LogP contribution in [-0.4, -0.2) is 5.11 Å². The minimum Gasteiger partial charge on any atom is -0.508 e. The van der Waals surface area contributed by atoms with Gasteiger partial charge in [0.05, 0.1) is 0 Å². The smallest absolute Gasteiger partial charge is 0.116 e. The van der Waals surface area contributed by atoms with Crippen LogP contribution >= 0.6 is 0 Å². The fourth-order valence-corrected chi connectivity index (χ4v) is 2.23. The molecule has 84 valence electrons. The molecule has 0 saturated carbocycles. The number of hydrogen-bond donors (Lipinski definition) is 1. The van der Waals surface area contributed by atoms with Gasteiger partial charge in [0.15, 0.2) is 0 Å². The van der Waals surface area contributed by atoms with Crippen molar-refractivity contribution in [1.82, 2.24) is 0 Å². The van der Waals surface area contributed by atoms with E-state index in [-0.39, 0.29) is 0 Å². The van der Waals surface area contributed by atoms with Gasteiger partial charge >= 0.3 is 0 Å². The third-order valence-corrected chi connectivity index (χ3v) is 3.29. The third kappa shape index (κ3) is 1.67. The van der Waals surface area contributed by atoms with Crippen molar-refractivity contribution in [1.29, 1.82) is 0 Å². The van der Waals surface area contributed by atoms with Gasteiger partial charge in [-0.15, -0.1) is 0 Å². The van der Waals surface area contributed by atoms with Crippen molar-refractivity contribution in [3.8, 4) is 5.75 Å². The lowest BCUT2D eigenvalue weighted by Gasteiger charge is -2.14. The lowest BCUT2D eigenvalue weighted by Crippen LogP contribution is -1.93. The maximum absolute atomic E-state index is 9.72. The fraction of sp³-hybridized carbons (Fsp3) is 0.333. The monoisotopic (exact) mass is 214 g/mol. The molecule has 16 heavy (non-hydrogen) atoms. The lowest BCUT2D eigenvalue weighted by molar-refractivity contribution is 0.475. The minimum atomic E-state index is 0.361. The molecule has 0 radical (unpaired) electrons. The van der Waals surface area contributed by atoms with Gasteiger partial charge in [0.2, 0.25) is 0 Å². The van der Waals surface area contributed by atoms with Crippen LogP contribution in [-0.2, 0) is 0 Å². The molecule has 0 atom stereocenters. The molecule has 0 aromatic heterocycles. The van der Waals surface area contributed by atoms with E-state index >= 15 is 0 Å². The molecule has 1 nitrogen and oxygen atoms in total. The van der Waals surface area contributed by atoms with Crippen LogP contribution in [0.2, 0.25) is 0 Å². The number of fused-ring (bicyclic) bond motifs is 1. The zero-order valence-corrected chi connectivity index (χ0v) is 10.3. The first-order chi connectivity index (χ1) is 7.50. The summed E-state index contributed by atoms with van der Waals surface area (Å²) in [5.41, 5.74) is 3.86. The highest BCUT2D eigenvalue weighted by molar-refractivity contribution is 5.91. The van der Waals surface area contributed by atoms with Crippen LogP contribution in [0.3, 0.4) is 0 Å². The van der Waals surface area contributed by atoms with Crippen LogP contribution in [0.15, 0.2) is 24.3 Å². The van der Waals surface area contributed by atoms with E-state index in [9.17, 15) is 5.11 Å². The fourth-order valence-electron chi connectivity index (χ4n) is 2.23. The number of rotatable bonds is 1. The Labute approximate surface area is 96.7 Å². The van der Waals surface area contributed by atoms with Crippen molar-refractivity contribution in [3.63, 3.8) is 0 Å². The van der Waals surface area contributed by atoms with Crippen LogP contribution in [0.5, 0.6) is 5.75 Å². The van der Waals surface area contributed by atoms with Crippen molar-refractivity contribution in [2.45, 2.75) is 33.6 Å². The summed E-state index contributed by atoms with van der Waals surface area (Å²) < 4.78 is 0. The van der Waals surface area contributed by atoms with Crippen LogP contribution in [0.25, 0.3) is 10.8 Å². The highest BCUT2D eigenvalue weighted by Crippen LogP contribution is 2.33. The van der Waals surface area contributed by atoms with Crippen LogP contribution < -0.4 is 0 Å². The number of phenolic OH excluding ortho intramolecular Hbond substituents is 1. The molecule has 0 fully saturated rings. The van der Waals surface area contributed by atoms with E-state index < -0.39 is 0 Å². The molecule has 0 saturated heterocycles. The Hall–Kier alpha value is -1.50. The van der Waals surface area contributed by atoms with Gasteiger partial charge in [-0.1, -0.05) is 26.0 Å². The van der Waals surface area contributed by atoms with Gasteiger partial charge in [-0.25, -0.2) is 0 Å². The molecule has 2 rings (SSSR count). The predicted octanol–water partition coefficient (Wildman–Crippen LogP) is 4.29. The largest absolute Gasteiger partial charge is 0.508 e. The second kappa shape index (κ2) is 3.82. The Morgan fingerprint density at radius 2 is 1.75 bits per heavy atom. The van der Waals surface area contributed by atoms with Gasteiger partial charge in [0.25, 0.3) is 0 Å². The summed E-state index contributed by atoms with van der Waals surface area (Å²) in [6, 6.07) is 7.93. The quantitative estimate of drug-likeness (QED) is 0.751. The van der Waals surface area contributed by atoms with Gasteiger partial charge in [-0.3, -0.25) is 0 Å². The number of aryl methyl sites for hydroxylation is 2. The molecule has 0 amide bonds. The summed E-state index contributed by atoms with van der Waals surface area (Å²) >= 11 is 0. The van der Waals surface area contributed by atoms with E-state index in [1.165, 1.54) is 22.1 Å². The first kappa shape index (κ1) is 11.0. The van der Waals surface area contributed by atoms with Crippen molar-refractivity contribution in [3.05, 3.63) is 41.0 Å². The van der Waals surface area contributed by atoms with Crippen molar-refractivity contribution < 1.29 is 5.11 Å². The second-order valence-electron chi connectivity index (χ2n) is 4.80. The van der Waals surface area contributed by atoms with Gasteiger partial charge in [-0.2, -0.15) is 0 Å². The summed E-state index contributed by atoms with van der Waals surface area (Å²) in [5, 5.41) is 12.2. The summed E-state index contributed by atoms with van der Waals surface area (Å²) in [5.74, 6) is 0.787. The molecule has 0 aliphatic heterocycles. The SMILES string of the molecule is Cc1ccc2cc(O)cc(C(C)C)c2c1C. The normalized spacial score (nSPS) is 11.3. The van der Waals surface area contributed by atoms with Crippen LogP contribution in [0.4, 0.5) is 0 Å². The molecule has 2 aromatic rings. The second-order valence-corrected chi connectivity index (χ2v) is 4.80. The van der Waals surface area contributed by atoms with Crippen molar-refractivity contribution in [2.75, 3.05) is 0 Å². The summed E-state index contributed by atoms with van der Waals surface area (Å²) in [6.07, 6.45) is 0. The van der Waals surface area contributed by atoms with E-state index in [0.29, 0.717) is 11.7 Å². The molecular weight excluding hydrogens is 196 g/mol. The lowest BCUT2D eigenvalue weighted by atomic mass is 9.91. The number of phenols is 1. The Bertz CT molecular complexity index is 539. The zero-order valence-electron chi connectivity index (χ0n) is 10.3. The molecule has 2 aromatic carbocycles. The average Bonchev–Trinajstić information content (AvgIpc) is 2.22. The highest BCUT2D eigenvalue weighted by atomic mass is 16.3. The zero-order chi connectivity index (χ0) is 11.9. The molecule has 0 spiro atoms. The van der Waals surface area contributed by atoms with E-state index in [1.54, 1.807) is 0 Å². The van der Waals surface area contributed by atoms with E-state index in [1.807, 2.05) is 12.1 Å². The van der Waals surface area contributed by atoms with Crippen molar-refractivity contribution in [2.24, 2.45) is 0 Å². The molecule has 0 bridgehead atoms. The number of aromatic hydroxyl groups is 1.